The molecule has 0 N–H and O–H groups in total. The van der Waals surface area contributed by atoms with Crippen LogP contribution in [0, 0.1) is 0 Å². The lowest BCUT2D eigenvalue weighted by atomic mass is 10.2. The molecular weight excluding hydrogens is 190 g/mol. The van der Waals surface area contributed by atoms with Gasteiger partial charge in [-0.25, -0.2) is 0 Å². The third kappa shape index (κ3) is 2.70. The van der Waals surface area contributed by atoms with E-state index in [-0.39, 0.29) is 0 Å². The van der Waals surface area contributed by atoms with Gasteiger partial charge in [-0.2, -0.15) is 0 Å². The molecule has 1 aliphatic rings. The van der Waals surface area contributed by atoms with Gasteiger partial charge in [0.1, 0.15) is 5.75 Å². The first-order valence-electron chi connectivity index (χ1n) is 5.39. The lowest BCUT2D eigenvalue weighted by Crippen LogP contribution is -2.35. The Labute approximate surface area is 90.6 Å². The maximum Gasteiger partial charge on any atom is 0.147 e. The summed E-state index contributed by atoms with van der Waals surface area (Å²) in [6, 6.07) is 10.3. The van der Waals surface area contributed by atoms with Crippen LogP contribution in [0.1, 0.15) is 12.8 Å². The standard InChI is InChI=1S/C12H17NO2/c1-14-10-11-6-5-9-13(11)15-12-7-3-2-4-8-12/h2-4,7-8,11H,5-6,9-10H2,1H3. The zero-order valence-corrected chi connectivity index (χ0v) is 9.06. The van der Waals surface area contributed by atoms with Crippen molar-refractivity contribution in [2.75, 3.05) is 20.3 Å². The summed E-state index contributed by atoms with van der Waals surface area (Å²) in [6.07, 6.45) is 2.33. The third-order valence-corrected chi connectivity index (χ3v) is 2.65. The molecule has 1 aliphatic heterocycles. The van der Waals surface area contributed by atoms with E-state index in [1.54, 1.807) is 7.11 Å². The summed E-state index contributed by atoms with van der Waals surface area (Å²) < 4.78 is 5.17. The van der Waals surface area contributed by atoms with E-state index in [0.717, 1.165) is 25.3 Å². The molecule has 1 aromatic rings. The third-order valence-electron chi connectivity index (χ3n) is 2.65. The second kappa shape index (κ2) is 5.14. The second-order valence-electron chi connectivity index (χ2n) is 3.80. The van der Waals surface area contributed by atoms with Gasteiger partial charge >= 0.3 is 0 Å². The molecule has 1 unspecified atom stereocenters. The van der Waals surface area contributed by atoms with Crippen molar-refractivity contribution in [2.45, 2.75) is 18.9 Å². The summed E-state index contributed by atoms with van der Waals surface area (Å²) in [5, 5.41) is 2.03. The average molecular weight is 207 g/mol. The first kappa shape index (κ1) is 10.5. The Kier molecular flexibility index (Phi) is 3.59. The van der Waals surface area contributed by atoms with E-state index in [2.05, 4.69) is 0 Å². The zero-order chi connectivity index (χ0) is 10.5. The van der Waals surface area contributed by atoms with Crippen molar-refractivity contribution in [3.05, 3.63) is 30.3 Å². The van der Waals surface area contributed by atoms with Gasteiger partial charge in [-0.05, 0) is 25.0 Å². The summed E-state index contributed by atoms with van der Waals surface area (Å²) in [5.74, 6) is 0.903. The first-order valence-corrected chi connectivity index (χ1v) is 5.39. The predicted octanol–water partition coefficient (Wildman–Crippen LogP) is 2.09. The number of benzene rings is 1. The van der Waals surface area contributed by atoms with E-state index in [0.29, 0.717) is 6.04 Å². The van der Waals surface area contributed by atoms with Gasteiger partial charge in [0.05, 0.1) is 12.6 Å². The van der Waals surface area contributed by atoms with Gasteiger partial charge in [-0.3, -0.25) is 0 Å². The van der Waals surface area contributed by atoms with Crippen LogP contribution < -0.4 is 4.84 Å². The number of para-hydroxylation sites is 1. The summed E-state index contributed by atoms with van der Waals surface area (Å²) in [7, 11) is 1.74. The molecule has 0 aliphatic carbocycles. The van der Waals surface area contributed by atoms with E-state index >= 15 is 0 Å². The fourth-order valence-electron chi connectivity index (χ4n) is 1.91. The molecule has 0 radical (unpaired) electrons. The zero-order valence-electron chi connectivity index (χ0n) is 9.06. The van der Waals surface area contributed by atoms with E-state index in [1.807, 2.05) is 35.4 Å². The van der Waals surface area contributed by atoms with Crippen molar-refractivity contribution in [1.82, 2.24) is 5.06 Å². The fraction of sp³-hybridized carbons (Fsp3) is 0.500. The van der Waals surface area contributed by atoms with Crippen LogP contribution >= 0.6 is 0 Å². The topological polar surface area (TPSA) is 21.7 Å². The molecule has 15 heavy (non-hydrogen) atoms. The largest absolute Gasteiger partial charge is 0.406 e. The Morgan fingerprint density at radius 1 is 1.33 bits per heavy atom. The highest BCUT2D eigenvalue weighted by Gasteiger charge is 2.26. The highest BCUT2D eigenvalue weighted by Crippen LogP contribution is 2.20. The van der Waals surface area contributed by atoms with Crippen molar-refractivity contribution < 1.29 is 9.57 Å². The Morgan fingerprint density at radius 3 is 2.87 bits per heavy atom. The van der Waals surface area contributed by atoms with Crippen LogP contribution in [0.15, 0.2) is 30.3 Å². The predicted molar refractivity (Wildman–Crippen MR) is 58.7 cm³/mol. The molecule has 1 saturated heterocycles. The van der Waals surface area contributed by atoms with Crippen molar-refractivity contribution in [2.24, 2.45) is 0 Å². The SMILES string of the molecule is COCC1CCCN1Oc1ccccc1. The normalized spacial score (nSPS) is 21.8. The minimum absolute atomic E-state index is 0.398. The highest BCUT2D eigenvalue weighted by molar-refractivity contribution is 5.20. The van der Waals surface area contributed by atoms with E-state index in [1.165, 1.54) is 6.42 Å². The fourth-order valence-corrected chi connectivity index (χ4v) is 1.91. The van der Waals surface area contributed by atoms with E-state index in [4.69, 9.17) is 9.57 Å². The number of methoxy groups -OCH3 is 1. The van der Waals surface area contributed by atoms with Crippen LogP contribution in [-0.4, -0.2) is 31.4 Å². The van der Waals surface area contributed by atoms with Gasteiger partial charge in [0.15, 0.2) is 0 Å². The maximum atomic E-state index is 5.79. The van der Waals surface area contributed by atoms with Crippen molar-refractivity contribution in [3.8, 4) is 5.75 Å². The number of hydrogen-bond donors (Lipinski definition) is 0. The van der Waals surface area contributed by atoms with Crippen LogP contribution in [-0.2, 0) is 4.74 Å². The molecular formula is C12H17NO2. The number of hydrogen-bond acceptors (Lipinski definition) is 3. The Bertz CT molecular complexity index is 289. The summed E-state index contributed by atoms with van der Waals surface area (Å²) in [4.78, 5) is 5.79. The van der Waals surface area contributed by atoms with Gasteiger partial charge in [0.2, 0.25) is 0 Å². The van der Waals surface area contributed by atoms with Crippen LogP contribution in [0.25, 0.3) is 0 Å². The molecule has 82 valence electrons. The Balaban J connectivity index is 1.93. The van der Waals surface area contributed by atoms with Gasteiger partial charge in [0.25, 0.3) is 0 Å². The smallest absolute Gasteiger partial charge is 0.147 e. The first-order chi connectivity index (χ1) is 7.40. The second-order valence-corrected chi connectivity index (χ2v) is 3.80. The summed E-state index contributed by atoms with van der Waals surface area (Å²) >= 11 is 0. The number of ether oxygens (including phenoxy) is 1. The minimum atomic E-state index is 0.398. The van der Waals surface area contributed by atoms with E-state index < -0.39 is 0 Å². The van der Waals surface area contributed by atoms with Crippen LogP contribution in [0.4, 0.5) is 0 Å². The Morgan fingerprint density at radius 2 is 2.13 bits per heavy atom. The van der Waals surface area contributed by atoms with E-state index in [9.17, 15) is 0 Å². The molecule has 0 aromatic heterocycles. The Hall–Kier alpha value is -1.06. The molecule has 2 rings (SSSR count). The van der Waals surface area contributed by atoms with Gasteiger partial charge in [-0.15, -0.1) is 5.06 Å². The molecule has 0 amide bonds. The monoisotopic (exact) mass is 207 g/mol. The molecule has 0 bridgehead atoms. The lowest BCUT2D eigenvalue weighted by molar-refractivity contribution is -0.0871. The van der Waals surface area contributed by atoms with Gasteiger partial charge in [0, 0.05) is 13.7 Å². The lowest BCUT2D eigenvalue weighted by Gasteiger charge is -2.23. The summed E-state index contributed by atoms with van der Waals surface area (Å²) in [5.41, 5.74) is 0. The molecule has 1 fully saturated rings. The van der Waals surface area contributed by atoms with Crippen LogP contribution in [0.3, 0.4) is 0 Å². The molecule has 1 aromatic carbocycles. The molecule has 3 heteroatoms. The number of hydroxylamine groups is 2. The van der Waals surface area contributed by atoms with Crippen molar-refractivity contribution in [1.29, 1.82) is 0 Å². The molecule has 3 nitrogen and oxygen atoms in total. The minimum Gasteiger partial charge on any atom is -0.406 e. The quantitative estimate of drug-likeness (QED) is 0.754. The van der Waals surface area contributed by atoms with Crippen molar-refractivity contribution in [3.63, 3.8) is 0 Å². The van der Waals surface area contributed by atoms with Gasteiger partial charge < -0.3 is 9.57 Å². The molecule has 1 atom stereocenters. The highest BCUT2D eigenvalue weighted by atomic mass is 16.7. The summed E-state index contributed by atoms with van der Waals surface area (Å²) in [6.45, 7) is 1.73. The van der Waals surface area contributed by atoms with Crippen LogP contribution in [0.5, 0.6) is 5.75 Å². The van der Waals surface area contributed by atoms with Gasteiger partial charge in [-0.1, -0.05) is 18.2 Å². The molecule has 0 spiro atoms. The number of nitrogens with zero attached hydrogens (tertiary/aromatic N) is 1. The number of rotatable bonds is 4. The molecule has 0 saturated carbocycles. The van der Waals surface area contributed by atoms with Crippen molar-refractivity contribution >= 4 is 0 Å². The average Bonchev–Trinajstić information content (AvgIpc) is 2.68. The van der Waals surface area contributed by atoms with Crippen LogP contribution in [0.2, 0.25) is 0 Å². The maximum absolute atomic E-state index is 5.79. The molecule has 1 heterocycles.